The fourth-order valence-electron chi connectivity index (χ4n) is 3.76. The number of fused-ring (bicyclic) bond motifs is 3. The molecule has 0 heteroatoms. The third-order valence-corrected chi connectivity index (χ3v) is 4.85. The van der Waals surface area contributed by atoms with Gasteiger partial charge < -0.3 is 0 Å². The summed E-state index contributed by atoms with van der Waals surface area (Å²) >= 11 is 0. The van der Waals surface area contributed by atoms with E-state index in [1.165, 1.54) is 49.7 Å². The summed E-state index contributed by atoms with van der Waals surface area (Å²) in [4.78, 5) is 0. The third kappa shape index (κ3) is 2.48. The van der Waals surface area contributed by atoms with E-state index in [1.54, 1.807) is 11.1 Å². The summed E-state index contributed by atoms with van der Waals surface area (Å²) in [5, 5.41) is 0. The van der Waals surface area contributed by atoms with E-state index in [9.17, 15) is 0 Å². The Morgan fingerprint density at radius 2 is 1.56 bits per heavy atom. The quantitative estimate of drug-likeness (QED) is 0.561. The Bertz CT molecular complexity index is 403. The van der Waals surface area contributed by atoms with Gasteiger partial charge in [-0.05, 0) is 73.6 Å². The van der Waals surface area contributed by atoms with Crippen LogP contribution in [0.3, 0.4) is 0 Å². The van der Waals surface area contributed by atoms with Crippen LogP contribution < -0.4 is 0 Å². The van der Waals surface area contributed by atoms with Gasteiger partial charge in [0.05, 0.1) is 0 Å². The first-order chi connectivity index (χ1) is 8.75. The van der Waals surface area contributed by atoms with Gasteiger partial charge in [0, 0.05) is 0 Å². The SMILES string of the molecule is CC.Cc1cc2c(cc1C)C1CCCCC1CC2. The molecule has 2 aliphatic carbocycles. The van der Waals surface area contributed by atoms with E-state index < -0.39 is 0 Å². The van der Waals surface area contributed by atoms with Crippen LogP contribution >= 0.6 is 0 Å². The molecule has 100 valence electrons. The minimum atomic E-state index is 0.900. The van der Waals surface area contributed by atoms with E-state index in [0.717, 1.165) is 11.8 Å². The predicted molar refractivity (Wildman–Crippen MR) is 80.3 cm³/mol. The molecule has 0 saturated heterocycles. The summed E-state index contributed by atoms with van der Waals surface area (Å²) in [5.74, 6) is 1.90. The second-order valence-corrected chi connectivity index (χ2v) is 5.82. The molecule has 0 bridgehead atoms. The Balaban J connectivity index is 0.000000574. The third-order valence-electron chi connectivity index (χ3n) is 4.85. The first-order valence-electron chi connectivity index (χ1n) is 7.86. The Morgan fingerprint density at radius 1 is 0.889 bits per heavy atom. The normalized spacial score (nSPS) is 25.6. The summed E-state index contributed by atoms with van der Waals surface area (Å²) in [6, 6.07) is 4.95. The molecule has 18 heavy (non-hydrogen) atoms. The first-order valence-corrected chi connectivity index (χ1v) is 7.86. The number of aryl methyl sites for hydroxylation is 3. The van der Waals surface area contributed by atoms with Crippen LogP contribution in [0.2, 0.25) is 0 Å². The van der Waals surface area contributed by atoms with Crippen LogP contribution in [-0.4, -0.2) is 0 Å². The average Bonchev–Trinajstić information content (AvgIpc) is 2.42. The zero-order valence-corrected chi connectivity index (χ0v) is 12.6. The van der Waals surface area contributed by atoms with Crippen LogP contribution in [0.1, 0.15) is 74.1 Å². The highest BCUT2D eigenvalue weighted by atomic mass is 14.4. The maximum absolute atomic E-state index is 2.49. The van der Waals surface area contributed by atoms with Gasteiger partial charge in [-0.15, -0.1) is 0 Å². The van der Waals surface area contributed by atoms with Crippen LogP contribution in [0, 0.1) is 19.8 Å². The minimum Gasteiger partial charge on any atom is -0.0683 e. The van der Waals surface area contributed by atoms with Crippen LogP contribution in [0.25, 0.3) is 0 Å². The van der Waals surface area contributed by atoms with E-state index in [-0.39, 0.29) is 0 Å². The van der Waals surface area contributed by atoms with Crippen molar-refractivity contribution in [3.63, 3.8) is 0 Å². The molecule has 0 amide bonds. The Kier molecular flexibility index (Phi) is 4.48. The molecule has 0 radical (unpaired) electrons. The lowest BCUT2D eigenvalue weighted by molar-refractivity contribution is 0.275. The smallest absolute Gasteiger partial charge is 0.0131 e. The van der Waals surface area contributed by atoms with E-state index >= 15 is 0 Å². The Morgan fingerprint density at radius 3 is 2.33 bits per heavy atom. The van der Waals surface area contributed by atoms with E-state index in [1.807, 2.05) is 13.8 Å². The predicted octanol–water partition coefficient (Wildman–Crippen LogP) is 5.55. The van der Waals surface area contributed by atoms with Gasteiger partial charge in [0.1, 0.15) is 0 Å². The highest BCUT2D eigenvalue weighted by molar-refractivity contribution is 5.41. The molecule has 0 heterocycles. The lowest BCUT2D eigenvalue weighted by atomic mass is 9.67. The Labute approximate surface area is 113 Å². The first kappa shape index (κ1) is 13.6. The summed E-state index contributed by atoms with van der Waals surface area (Å²) in [7, 11) is 0. The number of hydrogen-bond donors (Lipinski definition) is 0. The van der Waals surface area contributed by atoms with Crippen LogP contribution in [0.5, 0.6) is 0 Å². The van der Waals surface area contributed by atoms with Gasteiger partial charge in [-0.2, -0.15) is 0 Å². The summed E-state index contributed by atoms with van der Waals surface area (Å²) in [6.07, 6.45) is 8.63. The maximum atomic E-state index is 2.49. The van der Waals surface area contributed by atoms with Crippen molar-refractivity contribution in [1.29, 1.82) is 0 Å². The van der Waals surface area contributed by atoms with E-state index in [2.05, 4.69) is 26.0 Å². The molecule has 2 atom stereocenters. The monoisotopic (exact) mass is 244 g/mol. The molecule has 1 saturated carbocycles. The highest BCUT2D eigenvalue weighted by Crippen LogP contribution is 2.45. The van der Waals surface area contributed by atoms with Crippen LogP contribution in [0.15, 0.2) is 12.1 Å². The molecule has 3 rings (SSSR count). The molecule has 0 nitrogen and oxygen atoms in total. The van der Waals surface area contributed by atoms with Gasteiger partial charge in [-0.1, -0.05) is 38.8 Å². The topological polar surface area (TPSA) is 0 Å². The highest BCUT2D eigenvalue weighted by Gasteiger charge is 2.31. The molecule has 0 aliphatic heterocycles. The minimum absolute atomic E-state index is 0.900. The van der Waals surface area contributed by atoms with Gasteiger partial charge in [-0.3, -0.25) is 0 Å². The van der Waals surface area contributed by atoms with E-state index in [4.69, 9.17) is 0 Å². The van der Waals surface area contributed by atoms with Crippen molar-refractivity contribution in [2.45, 2.75) is 72.1 Å². The summed E-state index contributed by atoms with van der Waals surface area (Å²) in [6.45, 7) is 8.52. The second kappa shape index (κ2) is 5.91. The van der Waals surface area contributed by atoms with Crippen molar-refractivity contribution < 1.29 is 0 Å². The molecule has 1 fully saturated rings. The van der Waals surface area contributed by atoms with Gasteiger partial charge in [0.2, 0.25) is 0 Å². The molecule has 2 unspecified atom stereocenters. The molecule has 0 N–H and O–H groups in total. The molecule has 1 aromatic rings. The molecular weight excluding hydrogens is 216 g/mol. The fraction of sp³-hybridized carbons (Fsp3) is 0.667. The van der Waals surface area contributed by atoms with Crippen LogP contribution in [0.4, 0.5) is 0 Å². The van der Waals surface area contributed by atoms with Gasteiger partial charge in [0.25, 0.3) is 0 Å². The summed E-state index contributed by atoms with van der Waals surface area (Å²) < 4.78 is 0. The largest absolute Gasteiger partial charge is 0.0683 e. The molecule has 0 spiro atoms. The van der Waals surface area contributed by atoms with E-state index in [0.29, 0.717) is 0 Å². The second-order valence-electron chi connectivity index (χ2n) is 5.82. The Hall–Kier alpha value is -0.780. The van der Waals surface area contributed by atoms with Crippen LogP contribution in [-0.2, 0) is 6.42 Å². The van der Waals surface area contributed by atoms with Crippen molar-refractivity contribution in [3.8, 4) is 0 Å². The lowest BCUT2D eigenvalue weighted by Crippen LogP contribution is -2.24. The molecular formula is C18H28. The number of benzene rings is 1. The molecule has 1 aromatic carbocycles. The number of rotatable bonds is 0. The van der Waals surface area contributed by atoms with Crippen molar-refractivity contribution in [3.05, 3.63) is 34.4 Å². The summed E-state index contributed by atoms with van der Waals surface area (Å²) in [5.41, 5.74) is 6.34. The zero-order valence-electron chi connectivity index (χ0n) is 12.6. The van der Waals surface area contributed by atoms with Gasteiger partial charge >= 0.3 is 0 Å². The van der Waals surface area contributed by atoms with Gasteiger partial charge in [-0.25, -0.2) is 0 Å². The molecule has 2 aliphatic rings. The van der Waals surface area contributed by atoms with Crippen molar-refractivity contribution in [2.75, 3.05) is 0 Å². The lowest BCUT2D eigenvalue weighted by Gasteiger charge is -2.37. The van der Waals surface area contributed by atoms with Crippen molar-refractivity contribution in [1.82, 2.24) is 0 Å². The maximum Gasteiger partial charge on any atom is -0.0131 e. The average molecular weight is 244 g/mol. The zero-order chi connectivity index (χ0) is 13.1. The van der Waals surface area contributed by atoms with Crippen molar-refractivity contribution >= 4 is 0 Å². The standard InChI is InChI=1S/C16H22.C2H6/c1-11-9-14-8-7-13-5-3-4-6-15(13)16(14)10-12(11)2;1-2/h9-10,13,15H,3-8H2,1-2H3;1-2H3. The molecule has 0 aromatic heterocycles. The van der Waals surface area contributed by atoms with Gasteiger partial charge in [0.15, 0.2) is 0 Å². The number of hydrogen-bond acceptors (Lipinski definition) is 0. The fourth-order valence-corrected chi connectivity index (χ4v) is 3.76. The van der Waals surface area contributed by atoms with Crippen molar-refractivity contribution in [2.24, 2.45) is 5.92 Å².